The third-order valence-electron chi connectivity index (χ3n) is 3.62. The SMILES string of the molecule is [2H]c1cc2c(C)nn(CCN3CCOCC3)c2cc1N. The zero-order chi connectivity index (χ0) is 14.1. The number of hydrogen-bond acceptors (Lipinski definition) is 4. The summed E-state index contributed by atoms with van der Waals surface area (Å²) in [4.78, 5) is 2.38. The van der Waals surface area contributed by atoms with Crippen LogP contribution in [0.15, 0.2) is 18.2 Å². The molecule has 5 heteroatoms. The monoisotopic (exact) mass is 261 g/mol. The van der Waals surface area contributed by atoms with E-state index in [1.54, 1.807) is 6.07 Å². The lowest BCUT2D eigenvalue weighted by molar-refractivity contribution is 0.0361. The minimum absolute atomic E-state index is 0.369. The molecule has 102 valence electrons. The van der Waals surface area contributed by atoms with Crippen LogP contribution < -0.4 is 5.73 Å². The van der Waals surface area contributed by atoms with Crippen molar-refractivity contribution in [2.24, 2.45) is 0 Å². The topological polar surface area (TPSA) is 56.3 Å². The lowest BCUT2D eigenvalue weighted by Gasteiger charge is -2.26. The first-order valence-corrected chi connectivity index (χ1v) is 6.68. The Balaban J connectivity index is 1.82. The standard InChI is InChI=1S/C14H20N4O/c1-11-13-3-2-12(15)10-14(13)18(16-11)5-4-17-6-8-19-9-7-17/h2-3,10H,4-9,15H2,1H3/i2D. The van der Waals surface area contributed by atoms with Crippen LogP contribution in [0.5, 0.6) is 0 Å². The van der Waals surface area contributed by atoms with E-state index in [2.05, 4.69) is 10.00 Å². The molecule has 1 aliphatic heterocycles. The second-order valence-electron chi connectivity index (χ2n) is 4.95. The van der Waals surface area contributed by atoms with E-state index in [-0.39, 0.29) is 0 Å². The van der Waals surface area contributed by atoms with Gasteiger partial charge in [0.05, 0.1) is 32.3 Å². The molecule has 5 nitrogen and oxygen atoms in total. The summed E-state index contributed by atoms with van der Waals surface area (Å²) in [5, 5.41) is 5.60. The highest BCUT2D eigenvalue weighted by Crippen LogP contribution is 2.20. The van der Waals surface area contributed by atoms with Crippen molar-refractivity contribution >= 4 is 16.6 Å². The average molecular weight is 261 g/mol. The molecular weight excluding hydrogens is 240 g/mol. The highest BCUT2D eigenvalue weighted by Gasteiger charge is 2.12. The van der Waals surface area contributed by atoms with Gasteiger partial charge in [-0.05, 0) is 25.1 Å². The largest absolute Gasteiger partial charge is 0.399 e. The molecule has 0 aliphatic carbocycles. The molecule has 1 saturated heterocycles. The number of benzene rings is 1. The molecular formula is C14H20N4O. The number of fused-ring (bicyclic) bond motifs is 1. The molecule has 0 bridgehead atoms. The van der Waals surface area contributed by atoms with Crippen LogP contribution in [-0.2, 0) is 11.3 Å². The van der Waals surface area contributed by atoms with E-state index in [4.69, 9.17) is 11.8 Å². The average Bonchev–Trinajstić information content (AvgIpc) is 2.75. The van der Waals surface area contributed by atoms with Crippen molar-refractivity contribution in [2.45, 2.75) is 13.5 Å². The summed E-state index contributed by atoms with van der Waals surface area (Å²) in [6.45, 7) is 7.36. The van der Waals surface area contributed by atoms with Gasteiger partial charge in [0.2, 0.25) is 0 Å². The molecule has 0 spiro atoms. The second-order valence-corrected chi connectivity index (χ2v) is 4.95. The van der Waals surface area contributed by atoms with E-state index in [9.17, 15) is 0 Å². The lowest BCUT2D eigenvalue weighted by Crippen LogP contribution is -2.38. The number of aryl methyl sites for hydroxylation is 1. The summed E-state index contributed by atoms with van der Waals surface area (Å²) in [6.07, 6.45) is 0. The van der Waals surface area contributed by atoms with Crippen molar-refractivity contribution < 1.29 is 6.11 Å². The van der Waals surface area contributed by atoms with Crippen molar-refractivity contribution in [3.63, 3.8) is 0 Å². The van der Waals surface area contributed by atoms with Gasteiger partial charge in [0, 0.05) is 30.7 Å². The molecule has 1 aromatic carbocycles. The molecule has 2 aromatic rings. The second kappa shape index (κ2) is 5.19. The molecule has 19 heavy (non-hydrogen) atoms. The number of aromatic nitrogens is 2. The van der Waals surface area contributed by atoms with E-state index in [0.717, 1.165) is 56.0 Å². The van der Waals surface area contributed by atoms with E-state index in [0.29, 0.717) is 11.7 Å². The van der Waals surface area contributed by atoms with Crippen LogP contribution in [0.1, 0.15) is 7.06 Å². The predicted molar refractivity (Wildman–Crippen MR) is 76.1 cm³/mol. The van der Waals surface area contributed by atoms with Gasteiger partial charge in [0.15, 0.2) is 0 Å². The Labute approximate surface area is 114 Å². The summed E-state index contributed by atoms with van der Waals surface area (Å²) in [5.41, 5.74) is 8.32. The van der Waals surface area contributed by atoms with Gasteiger partial charge >= 0.3 is 0 Å². The Hall–Kier alpha value is -1.59. The van der Waals surface area contributed by atoms with Crippen molar-refractivity contribution in [1.29, 1.82) is 0 Å². The Morgan fingerprint density at radius 3 is 3.00 bits per heavy atom. The van der Waals surface area contributed by atoms with Crippen LogP contribution in [0.4, 0.5) is 5.69 Å². The van der Waals surface area contributed by atoms with Gasteiger partial charge in [-0.15, -0.1) is 0 Å². The number of nitrogens with zero attached hydrogens (tertiary/aromatic N) is 3. The minimum Gasteiger partial charge on any atom is -0.399 e. The molecule has 0 radical (unpaired) electrons. The van der Waals surface area contributed by atoms with Gasteiger partial charge in [-0.1, -0.05) is 0 Å². The maximum atomic E-state index is 7.79. The zero-order valence-corrected chi connectivity index (χ0v) is 11.2. The van der Waals surface area contributed by atoms with Gasteiger partial charge in [0.1, 0.15) is 0 Å². The van der Waals surface area contributed by atoms with Crippen LogP contribution in [0, 0.1) is 6.92 Å². The number of nitrogen functional groups attached to an aromatic ring is 1. The number of rotatable bonds is 3. The van der Waals surface area contributed by atoms with E-state index >= 15 is 0 Å². The quantitative estimate of drug-likeness (QED) is 0.845. The highest BCUT2D eigenvalue weighted by molar-refractivity contribution is 5.84. The molecule has 3 rings (SSSR count). The van der Waals surface area contributed by atoms with Gasteiger partial charge in [-0.2, -0.15) is 5.10 Å². The number of morpholine rings is 1. The highest BCUT2D eigenvalue weighted by atomic mass is 16.5. The fraction of sp³-hybridized carbons (Fsp3) is 0.500. The van der Waals surface area contributed by atoms with Crippen molar-refractivity contribution in [3.8, 4) is 0 Å². The molecule has 1 aliphatic rings. The van der Waals surface area contributed by atoms with Gasteiger partial charge in [-0.25, -0.2) is 0 Å². The molecule has 2 heterocycles. The van der Waals surface area contributed by atoms with Gasteiger partial charge < -0.3 is 10.5 Å². The fourth-order valence-electron chi connectivity index (χ4n) is 2.52. The molecule has 0 saturated carbocycles. The van der Waals surface area contributed by atoms with Crippen LogP contribution >= 0.6 is 0 Å². The van der Waals surface area contributed by atoms with Crippen LogP contribution in [0.2, 0.25) is 0 Å². The fourth-order valence-corrected chi connectivity index (χ4v) is 2.52. The molecule has 0 atom stereocenters. The summed E-state index contributed by atoms with van der Waals surface area (Å²) in [5.74, 6) is 0. The number of ether oxygens (including phenoxy) is 1. The molecule has 0 unspecified atom stereocenters. The van der Waals surface area contributed by atoms with Crippen LogP contribution in [0.3, 0.4) is 0 Å². The van der Waals surface area contributed by atoms with Gasteiger partial charge in [-0.3, -0.25) is 9.58 Å². The van der Waals surface area contributed by atoms with Crippen LogP contribution in [0.25, 0.3) is 10.9 Å². The first-order chi connectivity index (χ1) is 9.65. The Morgan fingerprint density at radius 1 is 1.42 bits per heavy atom. The Kier molecular flexibility index (Phi) is 3.07. The van der Waals surface area contributed by atoms with Crippen molar-refractivity contribution in [2.75, 3.05) is 38.6 Å². The lowest BCUT2D eigenvalue weighted by atomic mass is 10.2. The van der Waals surface area contributed by atoms with E-state index in [1.165, 1.54) is 0 Å². The zero-order valence-electron chi connectivity index (χ0n) is 12.2. The Bertz CT molecular complexity index is 619. The first kappa shape index (κ1) is 11.3. The Morgan fingerprint density at radius 2 is 2.21 bits per heavy atom. The predicted octanol–water partition coefficient (Wildman–Crippen LogP) is 1.26. The summed E-state index contributed by atoms with van der Waals surface area (Å²) >= 11 is 0. The number of hydrogen-bond donors (Lipinski definition) is 1. The maximum Gasteiger partial charge on any atom is 0.0706 e. The normalized spacial score (nSPS) is 17.8. The first-order valence-electron chi connectivity index (χ1n) is 7.18. The van der Waals surface area contributed by atoms with E-state index in [1.807, 2.05) is 17.7 Å². The number of nitrogens with two attached hydrogens (primary N) is 1. The molecule has 1 fully saturated rings. The molecule has 0 amide bonds. The van der Waals surface area contributed by atoms with Crippen molar-refractivity contribution in [1.82, 2.24) is 14.7 Å². The minimum atomic E-state index is 0.369. The maximum absolute atomic E-state index is 7.79. The third kappa shape index (κ3) is 2.57. The molecule has 1 aromatic heterocycles. The number of anilines is 1. The summed E-state index contributed by atoms with van der Waals surface area (Å²) in [7, 11) is 0. The molecule has 2 N–H and O–H groups in total. The summed E-state index contributed by atoms with van der Waals surface area (Å²) < 4.78 is 15.1. The third-order valence-corrected chi connectivity index (χ3v) is 3.62. The van der Waals surface area contributed by atoms with Gasteiger partial charge in [0.25, 0.3) is 0 Å². The van der Waals surface area contributed by atoms with Crippen molar-refractivity contribution in [3.05, 3.63) is 23.9 Å². The van der Waals surface area contributed by atoms with Crippen LogP contribution in [-0.4, -0.2) is 47.5 Å². The smallest absolute Gasteiger partial charge is 0.0706 e. The summed E-state index contributed by atoms with van der Waals surface area (Å²) in [6, 6.07) is 4.03. The van der Waals surface area contributed by atoms with E-state index < -0.39 is 0 Å².